The highest BCUT2D eigenvalue weighted by atomic mass is 14.6. The van der Waals surface area contributed by atoms with Crippen LogP contribution in [0.4, 0.5) is 0 Å². The van der Waals surface area contributed by atoms with Gasteiger partial charge in [0.2, 0.25) is 0 Å². The van der Waals surface area contributed by atoms with Crippen molar-refractivity contribution in [2.24, 2.45) is 5.41 Å². The minimum Gasteiger partial charge on any atom is -0.0596 e. The van der Waals surface area contributed by atoms with Crippen LogP contribution >= 0.6 is 0 Å². The number of fused-ring (bicyclic) bond motifs is 2. The number of hydrogen-bond acceptors (Lipinski definition) is 0. The van der Waals surface area contributed by atoms with Gasteiger partial charge < -0.3 is 0 Å². The lowest BCUT2D eigenvalue weighted by Crippen LogP contribution is -2.19. The number of rotatable bonds is 1. The summed E-state index contributed by atoms with van der Waals surface area (Å²) in [5.41, 5.74) is 4.22. The number of benzene rings is 1. The molecule has 0 heterocycles. The molecule has 2 fully saturated rings. The molecule has 0 radical (unpaired) electrons. The van der Waals surface area contributed by atoms with Crippen LogP contribution in [0.3, 0.4) is 0 Å². The fourth-order valence-corrected chi connectivity index (χ4v) is 3.80. The first-order valence-corrected chi connectivity index (χ1v) is 6.19. The molecule has 0 atom stereocenters. The second-order valence-corrected chi connectivity index (χ2v) is 6.13. The second-order valence-electron chi connectivity index (χ2n) is 6.13. The van der Waals surface area contributed by atoms with Crippen molar-refractivity contribution in [3.8, 4) is 0 Å². The highest BCUT2D eigenvalue weighted by molar-refractivity contribution is 5.32. The minimum absolute atomic E-state index is 0.558. The van der Waals surface area contributed by atoms with E-state index in [0.717, 1.165) is 0 Å². The van der Waals surface area contributed by atoms with Crippen molar-refractivity contribution in [1.82, 2.24) is 0 Å². The molecule has 80 valence electrons. The zero-order valence-corrected chi connectivity index (χ0v) is 9.84. The lowest BCUT2D eigenvalue weighted by molar-refractivity contribution is 0.328. The predicted octanol–water partition coefficient (Wildman–Crippen LogP) is 4.22. The molecule has 2 aliphatic rings. The van der Waals surface area contributed by atoms with Gasteiger partial charge in [-0.1, -0.05) is 36.8 Å². The van der Waals surface area contributed by atoms with Crippen LogP contribution < -0.4 is 0 Å². The summed E-state index contributed by atoms with van der Waals surface area (Å²) >= 11 is 0. The molecule has 1 aromatic rings. The third-order valence-electron chi connectivity index (χ3n) is 4.84. The number of hydrogen-bond donors (Lipinski definition) is 0. The molecular formula is C15H20. The van der Waals surface area contributed by atoms with Gasteiger partial charge in [0.1, 0.15) is 0 Å². The van der Waals surface area contributed by atoms with E-state index < -0.39 is 0 Å². The van der Waals surface area contributed by atoms with Gasteiger partial charge in [0, 0.05) is 0 Å². The minimum atomic E-state index is 0.558. The molecule has 0 amide bonds. The molecule has 15 heavy (non-hydrogen) atoms. The summed E-state index contributed by atoms with van der Waals surface area (Å²) in [4.78, 5) is 0. The second kappa shape index (κ2) is 2.87. The largest absolute Gasteiger partial charge is 0.0596 e. The Hall–Kier alpha value is -0.780. The summed E-state index contributed by atoms with van der Waals surface area (Å²) in [5.74, 6) is 0. The van der Waals surface area contributed by atoms with Crippen LogP contribution in [0, 0.1) is 12.3 Å². The fraction of sp³-hybridized carbons (Fsp3) is 0.600. The predicted molar refractivity (Wildman–Crippen MR) is 64.0 cm³/mol. The molecule has 2 saturated carbocycles. The highest BCUT2D eigenvalue weighted by Crippen LogP contribution is 2.61. The molecule has 0 N–H and O–H groups in total. The molecule has 0 saturated heterocycles. The summed E-state index contributed by atoms with van der Waals surface area (Å²) in [6, 6.07) is 9.29. The van der Waals surface area contributed by atoms with Gasteiger partial charge in [0.05, 0.1) is 0 Å². The van der Waals surface area contributed by atoms with E-state index in [0.29, 0.717) is 10.8 Å². The molecule has 0 heteroatoms. The van der Waals surface area contributed by atoms with E-state index in [1.165, 1.54) is 37.7 Å². The van der Waals surface area contributed by atoms with Gasteiger partial charge in [-0.25, -0.2) is 0 Å². The molecule has 2 aliphatic carbocycles. The first-order valence-electron chi connectivity index (χ1n) is 6.19. The Morgan fingerprint density at radius 1 is 0.933 bits per heavy atom. The van der Waals surface area contributed by atoms with Crippen LogP contribution in [0.1, 0.15) is 50.2 Å². The van der Waals surface area contributed by atoms with Gasteiger partial charge in [-0.2, -0.15) is 0 Å². The Labute approximate surface area is 92.7 Å². The average molecular weight is 200 g/mol. The van der Waals surface area contributed by atoms with Crippen LogP contribution in [-0.4, -0.2) is 0 Å². The van der Waals surface area contributed by atoms with Gasteiger partial charge in [0.25, 0.3) is 0 Å². The maximum absolute atomic E-state index is 2.48. The van der Waals surface area contributed by atoms with Crippen molar-refractivity contribution in [2.45, 2.75) is 51.4 Å². The van der Waals surface area contributed by atoms with Crippen molar-refractivity contribution < 1.29 is 0 Å². The zero-order chi connectivity index (χ0) is 10.5. The summed E-state index contributed by atoms with van der Waals surface area (Å²) in [6.45, 7) is 4.66. The van der Waals surface area contributed by atoms with Crippen molar-refractivity contribution in [2.75, 3.05) is 0 Å². The molecule has 0 nitrogen and oxygen atoms in total. The molecule has 1 aromatic carbocycles. The third-order valence-corrected chi connectivity index (χ3v) is 4.84. The Kier molecular flexibility index (Phi) is 1.81. The first kappa shape index (κ1) is 9.45. The van der Waals surface area contributed by atoms with Crippen LogP contribution in [0.15, 0.2) is 24.3 Å². The Morgan fingerprint density at radius 2 is 1.53 bits per heavy atom. The fourth-order valence-electron chi connectivity index (χ4n) is 3.80. The van der Waals surface area contributed by atoms with Crippen molar-refractivity contribution in [3.05, 3.63) is 35.4 Å². The van der Waals surface area contributed by atoms with E-state index in [2.05, 4.69) is 38.1 Å². The maximum Gasteiger partial charge on any atom is -0.00414 e. The van der Waals surface area contributed by atoms with Gasteiger partial charge in [-0.3, -0.25) is 0 Å². The van der Waals surface area contributed by atoms with Crippen LogP contribution in [0.5, 0.6) is 0 Å². The van der Waals surface area contributed by atoms with Crippen molar-refractivity contribution >= 4 is 0 Å². The SMILES string of the molecule is Cc1ccc(C23CCC(C)(CC2)C3)cc1. The third kappa shape index (κ3) is 1.34. The Bertz CT molecular complexity index is 364. The molecule has 2 bridgehead atoms. The molecule has 0 aliphatic heterocycles. The van der Waals surface area contributed by atoms with Gasteiger partial charge >= 0.3 is 0 Å². The summed E-state index contributed by atoms with van der Waals surface area (Å²) in [7, 11) is 0. The van der Waals surface area contributed by atoms with Crippen molar-refractivity contribution in [1.29, 1.82) is 0 Å². The van der Waals surface area contributed by atoms with Crippen LogP contribution in [0.25, 0.3) is 0 Å². The van der Waals surface area contributed by atoms with Gasteiger partial charge in [-0.15, -0.1) is 0 Å². The monoisotopic (exact) mass is 200 g/mol. The maximum atomic E-state index is 2.48. The van der Waals surface area contributed by atoms with E-state index >= 15 is 0 Å². The van der Waals surface area contributed by atoms with E-state index in [1.807, 2.05) is 0 Å². The molecule has 3 rings (SSSR count). The smallest absolute Gasteiger partial charge is 0.00414 e. The van der Waals surface area contributed by atoms with Gasteiger partial charge in [0.15, 0.2) is 0 Å². The molecule has 0 spiro atoms. The zero-order valence-electron chi connectivity index (χ0n) is 9.84. The quantitative estimate of drug-likeness (QED) is 0.637. The Morgan fingerprint density at radius 3 is 2.00 bits per heavy atom. The normalized spacial score (nSPS) is 38.5. The van der Waals surface area contributed by atoms with E-state index in [-0.39, 0.29) is 0 Å². The standard InChI is InChI=1S/C15H20/c1-12-3-5-13(6-4-12)15-9-7-14(2,11-15)8-10-15/h3-6H,7-11H2,1-2H3. The van der Waals surface area contributed by atoms with Gasteiger partial charge in [-0.05, 0) is 55.4 Å². The topological polar surface area (TPSA) is 0 Å². The lowest BCUT2D eigenvalue weighted by atomic mass is 9.77. The summed E-state index contributed by atoms with van der Waals surface area (Å²) < 4.78 is 0. The molecule has 0 aromatic heterocycles. The first-order chi connectivity index (χ1) is 7.12. The van der Waals surface area contributed by atoms with Crippen LogP contribution in [-0.2, 0) is 5.41 Å². The Balaban J connectivity index is 1.98. The summed E-state index contributed by atoms with van der Waals surface area (Å²) in [6.07, 6.45) is 7.17. The molecular weight excluding hydrogens is 180 g/mol. The van der Waals surface area contributed by atoms with Crippen LogP contribution in [0.2, 0.25) is 0 Å². The highest BCUT2D eigenvalue weighted by Gasteiger charge is 2.52. The van der Waals surface area contributed by atoms with E-state index in [4.69, 9.17) is 0 Å². The molecule has 0 unspecified atom stereocenters. The average Bonchev–Trinajstić information content (AvgIpc) is 2.73. The summed E-state index contributed by atoms with van der Waals surface area (Å²) in [5, 5.41) is 0. The lowest BCUT2D eigenvalue weighted by Gasteiger charge is -2.27. The van der Waals surface area contributed by atoms with Crippen molar-refractivity contribution in [3.63, 3.8) is 0 Å². The van der Waals surface area contributed by atoms with E-state index in [9.17, 15) is 0 Å². The number of aryl methyl sites for hydroxylation is 1. The van der Waals surface area contributed by atoms with E-state index in [1.54, 1.807) is 5.56 Å².